The van der Waals surface area contributed by atoms with Crippen LogP contribution < -0.4 is 0 Å². The highest BCUT2D eigenvalue weighted by atomic mass is 79.9. The van der Waals surface area contributed by atoms with E-state index >= 15 is 0 Å². The molecule has 2 nitrogen and oxygen atoms in total. The number of ketones is 1. The number of likely N-dealkylation sites (tertiary alicyclic amines) is 1. The summed E-state index contributed by atoms with van der Waals surface area (Å²) in [4.78, 5) is 15.3. The fraction of sp³-hybridized carbons (Fsp3) is 0.227. The number of benzene rings is 2. The Balaban J connectivity index is 1.93. The minimum Gasteiger partial charge on any atom is -0.295 e. The molecule has 3 heteroatoms. The molecule has 1 heterocycles. The van der Waals surface area contributed by atoms with Gasteiger partial charge in [0, 0.05) is 28.7 Å². The van der Waals surface area contributed by atoms with Gasteiger partial charge in [-0.3, -0.25) is 9.69 Å². The first-order valence-electron chi connectivity index (χ1n) is 8.55. The van der Waals surface area contributed by atoms with Crippen LogP contribution in [-0.2, 0) is 4.79 Å². The fourth-order valence-electron chi connectivity index (χ4n) is 2.96. The number of likely N-dealkylation sites (N-methyl/N-ethyl adjacent to an activating group) is 1. The topological polar surface area (TPSA) is 20.3 Å². The van der Waals surface area contributed by atoms with Crippen LogP contribution in [0.5, 0.6) is 0 Å². The van der Waals surface area contributed by atoms with Crippen LogP contribution in [0.15, 0.2) is 64.1 Å². The molecular weight excluding hydrogens is 374 g/mol. The van der Waals surface area contributed by atoms with Crippen LogP contribution in [0.4, 0.5) is 0 Å². The van der Waals surface area contributed by atoms with Crippen molar-refractivity contribution in [3.05, 3.63) is 80.8 Å². The predicted molar refractivity (Wildman–Crippen MR) is 108 cm³/mol. The zero-order valence-electron chi connectivity index (χ0n) is 14.6. The summed E-state index contributed by atoms with van der Waals surface area (Å²) in [6, 6.07) is 16.3. The number of hydrogen-bond acceptors (Lipinski definition) is 2. The smallest absolute Gasteiger partial charge is 0.187 e. The van der Waals surface area contributed by atoms with Gasteiger partial charge in [0.1, 0.15) is 0 Å². The fourth-order valence-corrected chi connectivity index (χ4v) is 3.22. The van der Waals surface area contributed by atoms with E-state index < -0.39 is 0 Å². The molecule has 2 aromatic carbocycles. The predicted octanol–water partition coefficient (Wildman–Crippen LogP) is 5.13. The van der Waals surface area contributed by atoms with Gasteiger partial charge in [-0.2, -0.15) is 0 Å². The van der Waals surface area contributed by atoms with Crippen molar-refractivity contribution in [3.8, 4) is 0 Å². The van der Waals surface area contributed by atoms with Crippen LogP contribution in [0.3, 0.4) is 0 Å². The summed E-state index contributed by atoms with van der Waals surface area (Å²) in [5, 5.41) is 0. The molecule has 0 N–H and O–H groups in total. The van der Waals surface area contributed by atoms with Crippen molar-refractivity contribution in [2.75, 3.05) is 19.6 Å². The maximum absolute atomic E-state index is 13.0. The van der Waals surface area contributed by atoms with Gasteiger partial charge in [0.15, 0.2) is 5.78 Å². The summed E-state index contributed by atoms with van der Waals surface area (Å²) in [6.45, 7) is 6.55. The molecule has 0 saturated carbocycles. The molecule has 0 bridgehead atoms. The normalized spacial score (nSPS) is 18.9. The Morgan fingerprint density at radius 3 is 1.88 bits per heavy atom. The number of rotatable bonds is 3. The maximum Gasteiger partial charge on any atom is 0.187 e. The molecule has 2 aromatic rings. The Labute approximate surface area is 158 Å². The third kappa shape index (κ3) is 4.56. The van der Waals surface area contributed by atoms with Gasteiger partial charge in [0.2, 0.25) is 0 Å². The van der Waals surface area contributed by atoms with E-state index in [1.54, 1.807) is 0 Å². The monoisotopic (exact) mass is 395 g/mol. The van der Waals surface area contributed by atoms with Gasteiger partial charge < -0.3 is 0 Å². The third-order valence-corrected chi connectivity index (χ3v) is 4.98. The molecule has 0 spiro atoms. The Bertz CT molecular complexity index is 749. The van der Waals surface area contributed by atoms with Gasteiger partial charge in [-0.05, 0) is 48.9 Å². The molecule has 0 amide bonds. The van der Waals surface area contributed by atoms with E-state index in [1.807, 2.05) is 36.4 Å². The van der Waals surface area contributed by atoms with E-state index in [0.29, 0.717) is 13.1 Å². The summed E-state index contributed by atoms with van der Waals surface area (Å²) >= 11 is 3.45. The van der Waals surface area contributed by atoms with Crippen LogP contribution >= 0.6 is 15.9 Å². The van der Waals surface area contributed by atoms with Gasteiger partial charge in [0.25, 0.3) is 0 Å². The zero-order chi connectivity index (χ0) is 17.8. The van der Waals surface area contributed by atoms with Gasteiger partial charge in [0.05, 0.1) is 0 Å². The van der Waals surface area contributed by atoms with Crippen molar-refractivity contribution >= 4 is 33.9 Å². The number of aryl methyl sites for hydroxylation is 1. The molecule has 1 aliphatic heterocycles. The third-order valence-electron chi connectivity index (χ3n) is 4.45. The molecule has 128 valence electrons. The Morgan fingerprint density at radius 1 is 0.920 bits per heavy atom. The number of halogens is 1. The van der Waals surface area contributed by atoms with E-state index in [-0.39, 0.29) is 5.78 Å². The molecular formula is C22H22BrNO. The Hall–Kier alpha value is -1.97. The van der Waals surface area contributed by atoms with Crippen LogP contribution in [0, 0.1) is 6.92 Å². The zero-order valence-corrected chi connectivity index (χ0v) is 16.2. The highest BCUT2D eigenvalue weighted by molar-refractivity contribution is 9.10. The molecule has 3 rings (SSSR count). The first-order chi connectivity index (χ1) is 12.0. The average Bonchev–Trinajstić information content (AvgIpc) is 2.62. The van der Waals surface area contributed by atoms with Crippen LogP contribution in [0.1, 0.15) is 23.6 Å². The highest BCUT2D eigenvalue weighted by Crippen LogP contribution is 2.22. The van der Waals surface area contributed by atoms with Gasteiger partial charge in [-0.15, -0.1) is 0 Å². The number of carbonyl (C=O) groups is 1. The number of Topliss-reactive ketones (excluding diaryl/α,β-unsaturated/α-hetero) is 1. The lowest BCUT2D eigenvalue weighted by atomic mass is 9.94. The maximum atomic E-state index is 13.0. The largest absolute Gasteiger partial charge is 0.295 e. The standard InChI is InChI=1S/C22H22BrNO/c1-3-24-14-19(12-17-6-4-16(2)5-7-17)22(25)20(15-24)13-18-8-10-21(23)11-9-18/h4-13H,3,14-15H2,1-2H3/b19-12+,20-13+. The quantitative estimate of drug-likeness (QED) is 0.671. The lowest BCUT2D eigenvalue weighted by Gasteiger charge is -2.28. The van der Waals surface area contributed by atoms with E-state index in [2.05, 4.69) is 58.9 Å². The number of piperidine rings is 1. The molecule has 0 aromatic heterocycles. The lowest BCUT2D eigenvalue weighted by molar-refractivity contribution is -0.113. The summed E-state index contributed by atoms with van der Waals surface area (Å²) in [6.07, 6.45) is 4.04. The van der Waals surface area contributed by atoms with Gasteiger partial charge in [-0.25, -0.2) is 0 Å². The SMILES string of the molecule is CCN1C/C(=C\c2ccc(C)cc2)C(=O)/C(=C/c2ccc(Br)cc2)C1. The number of carbonyl (C=O) groups excluding carboxylic acids is 1. The summed E-state index contributed by atoms with van der Waals surface area (Å²) in [7, 11) is 0. The molecule has 0 radical (unpaired) electrons. The van der Waals surface area contributed by atoms with Crippen molar-refractivity contribution in [2.24, 2.45) is 0 Å². The summed E-state index contributed by atoms with van der Waals surface area (Å²) < 4.78 is 1.04. The molecule has 0 aliphatic carbocycles. The van der Waals surface area contributed by atoms with Crippen LogP contribution in [0.2, 0.25) is 0 Å². The van der Waals surface area contributed by atoms with E-state index in [1.165, 1.54) is 5.56 Å². The summed E-state index contributed by atoms with van der Waals surface area (Å²) in [5.74, 6) is 0.160. The second-order valence-corrected chi connectivity index (χ2v) is 7.35. The molecule has 1 saturated heterocycles. The first-order valence-corrected chi connectivity index (χ1v) is 9.35. The molecule has 1 fully saturated rings. The Morgan fingerprint density at radius 2 is 1.40 bits per heavy atom. The van der Waals surface area contributed by atoms with Crippen molar-refractivity contribution < 1.29 is 4.79 Å². The van der Waals surface area contributed by atoms with Crippen LogP contribution in [0.25, 0.3) is 12.2 Å². The molecule has 0 atom stereocenters. The van der Waals surface area contributed by atoms with Crippen molar-refractivity contribution in [3.63, 3.8) is 0 Å². The lowest BCUT2D eigenvalue weighted by Crippen LogP contribution is -2.37. The van der Waals surface area contributed by atoms with E-state index in [9.17, 15) is 4.79 Å². The molecule has 1 aliphatic rings. The van der Waals surface area contributed by atoms with Crippen molar-refractivity contribution in [1.29, 1.82) is 0 Å². The Kier molecular flexibility index (Phi) is 5.67. The highest BCUT2D eigenvalue weighted by Gasteiger charge is 2.25. The van der Waals surface area contributed by atoms with Crippen LogP contribution in [-0.4, -0.2) is 30.3 Å². The average molecular weight is 396 g/mol. The second-order valence-electron chi connectivity index (χ2n) is 6.43. The number of nitrogens with zero attached hydrogens (tertiary/aromatic N) is 1. The molecule has 25 heavy (non-hydrogen) atoms. The summed E-state index contributed by atoms with van der Waals surface area (Å²) in [5.41, 5.74) is 5.08. The molecule has 0 unspecified atom stereocenters. The van der Waals surface area contributed by atoms with E-state index in [4.69, 9.17) is 0 Å². The van der Waals surface area contributed by atoms with E-state index in [0.717, 1.165) is 33.3 Å². The second kappa shape index (κ2) is 7.94. The number of hydrogen-bond donors (Lipinski definition) is 0. The first kappa shape index (κ1) is 17.8. The van der Waals surface area contributed by atoms with Crippen molar-refractivity contribution in [2.45, 2.75) is 13.8 Å². The minimum atomic E-state index is 0.160. The van der Waals surface area contributed by atoms with Gasteiger partial charge >= 0.3 is 0 Å². The van der Waals surface area contributed by atoms with Crippen molar-refractivity contribution in [1.82, 2.24) is 4.90 Å². The van der Waals surface area contributed by atoms with Gasteiger partial charge in [-0.1, -0.05) is 64.8 Å². The minimum absolute atomic E-state index is 0.160.